The Kier molecular flexibility index (Phi) is 5.51. The summed E-state index contributed by atoms with van der Waals surface area (Å²) in [6, 6.07) is 5.15. The van der Waals surface area contributed by atoms with Crippen molar-refractivity contribution in [3.63, 3.8) is 0 Å². The Morgan fingerprint density at radius 2 is 2.24 bits per heavy atom. The number of ether oxygens (including phenoxy) is 1. The number of nitrogens with one attached hydrogen (secondary N) is 1. The van der Waals surface area contributed by atoms with Crippen LogP contribution in [0.3, 0.4) is 0 Å². The van der Waals surface area contributed by atoms with E-state index in [0.717, 1.165) is 12.1 Å². The molecule has 92 valence electrons. The summed E-state index contributed by atoms with van der Waals surface area (Å²) in [6.07, 6.45) is 0. The van der Waals surface area contributed by atoms with Crippen LogP contribution in [0.1, 0.15) is 32.4 Å². The fourth-order valence-corrected chi connectivity index (χ4v) is 1.51. The molecule has 1 N–H and O–H groups in total. The molecule has 0 saturated heterocycles. The highest BCUT2D eigenvalue weighted by Crippen LogP contribution is 2.21. The zero-order chi connectivity index (χ0) is 12.7. The lowest BCUT2D eigenvalue weighted by Gasteiger charge is -2.13. The van der Waals surface area contributed by atoms with E-state index in [0.29, 0.717) is 0 Å². The molecule has 1 aromatic rings. The standard InChI is InChI=1S/C14H18FNO/c1-4-6-9-17-14-8-7-12(10-13(14)15)11(3)16-5-2/h7-8,10-11,16H,5,9H2,1-3H3. The number of rotatable bonds is 5. The van der Waals surface area contributed by atoms with Gasteiger partial charge in [-0.25, -0.2) is 4.39 Å². The third-order valence-electron chi connectivity index (χ3n) is 2.44. The van der Waals surface area contributed by atoms with E-state index in [4.69, 9.17) is 4.74 Å². The van der Waals surface area contributed by atoms with Crippen molar-refractivity contribution in [3.8, 4) is 17.6 Å². The normalized spacial score (nSPS) is 11.5. The van der Waals surface area contributed by atoms with Crippen LogP contribution in [0.2, 0.25) is 0 Å². The molecule has 0 heterocycles. The van der Waals surface area contributed by atoms with E-state index in [1.807, 2.05) is 19.9 Å². The summed E-state index contributed by atoms with van der Waals surface area (Å²) in [6.45, 7) is 6.82. The summed E-state index contributed by atoms with van der Waals surface area (Å²) < 4.78 is 18.9. The molecule has 0 aliphatic heterocycles. The van der Waals surface area contributed by atoms with Gasteiger partial charge >= 0.3 is 0 Å². The smallest absolute Gasteiger partial charge is 0.165 e. The van der Waals surface area contributed by atoms with Crippen LogP contribution in [0.5, 0.6) is 5.75 Å². The average Bonchev–Trinajstić information content (AvgIpc) is 2.31. The molecule has 0 aromatic heterocycles. The lowest BCUT2D eigenvalue weighted by atomic mass is 10.1. The van der Waals surface area contributed by atoms with Gasteiger partial charge in [-0.1, -0.05) is 18.9 Å². The second-order valence-corrected chi connectivity index (χ2v) is 3.68. The summed E-state index contributed by atoms with van der Waals surface area (Å²) in [7, 11) is 0. The number of benzene rings is 1. The minimum atomic E-state index is -0.342. The molecule has 0 amide bonds. The highest BCUT2D eigenvalue weighted by molar-refractivity contribution is 5.31. The Morgan fingerprint density at radius 3 is 2.82 bits per heavy atom. The minimum absolute atomic E-state index is 0.138. The molecule has 1 atom stereocenters. The zero-order valence-electron chi connectivity index (χ0n) is 10.5. The van der Waals surface area contributed by atoms with E-state index in [1.54, 1.807) is 13.0 Å². The van der Waals surface area contributed by atoms with Gasteiger partial charge in [-0.3, -0.25) is 0 Å². The van der Waals surface area contributed by atoms with E-state index < -0.39 is 0 Å². The molecule has 0 aliphatic rings. The summed E-state index contributed by atoms with van der Waals surface area (Å²) in [5, 5.41) is 3.23. The van der Waals surface area contributed by atoms with E-state index in [9.17, 15) is 4.39 Å². The fourth-order valence-electron chi connectivity index (χ4n) is 1.51. The minimum Gasteiger partial charge on any atom is -0.478 e. The van der Waals surface area contributed by atoms with Crippen molar-refractivity contribution in [1.82, 2.24) is 5.32 Å². The fraction of sp³-hybridized carbons (Fsp3) is 0.429. The number of halogens is 1. The van der Waals surface area contributed by atoms with Gasteiger partial charge < -0.3 is 10.1 Å². The molecule has 1 unspecified atom stereocenters. The van der Waals surface area contributed by atoms with Crippen molar-refractivity contribution in [2.75, 3.05) is 13.2 Å². The maximum absolute atomic E-state index is 13.7. The van der Waals surface area contributed by atoms with E-state index in [-0.39, 0.29) is 24.2 Å². The molecule has 0 saturated carbocycles. The van der Waals surface area contributed by atoms with Crippen molar-refractivity contribution in [2.24, 2.45) is 0 Å². The SMILES string of the molecule is CC#CCOc1ccc(C(C)NCC)cc1F. The van der Waals surface area contributed by atoms with Gasteiger partial charge in [0.2, 0.25) is 0 Å². The van der Waals surface area contributed by atoms with Gasteiger partial charge in [0.15, 0.2) is 11.6 Å². The van der Waals surface area contributed by atoms with Crippen LogP contribution in [0, 0.1) is 17.7 Å². The lowest BCUT2D eigenvalue weighted by Crippen LogP contribution is -2.17. The Bertz CT molecular complexity index is 420. The van der Waals surface area contributed by atoms with Crippen LogP contribution in [-0.4, -0.2) is 13.2 Å². The Hall–Kier alpha value is -1.53. The largest absolute Gasteiger partial charge is 0.478 e. The second-order valence-electron chi connectivity index (χ2n) is 3.68. The highest BCUT2D eigenvalue weighted by atomic mass is 19.1. The molecule has 3 heteroatoms. The van der Waals surface area contributed by atoms with Crippen LogP contribution >= 0.6 is 0 Å². The van der Waals surface area contributed by atoms with E-state index in [2.05, 4.69) is 17.2 Å². The predicted octanol–water partition coefficient (Wildman–Crippen LogP) is 2.90. The molecule has 1 aromatic carbocycles. The van der Waals surface area contributed by atoms with Gasteiger partial charge in [0.1, 0.15) is 6.61 Å². The van der Waals surface area contributed by atoms with Gasteiger partial charge in [-0.2, -0.15) is 0 Å². The maximum Gasteiger partial charge on any atom is 0.165 e. The average molecular weight is 235 g/mol. The van der Waals surface area contributed by atoms with E-state index >= 15 is 0 Å². The molecule has 0 bridgehead atoms. The lowest BCUT2D eigenvalue weighted by molar-refractivity contribution is 0.347. The van der Waals surface area contributed by atoms with Crippen molar-refractivity contribution in [2.45, 2.75) is 26.8 Å². The molecular weight excluding hydrogens is 217 g/mol. The monoisotopic (exact) mass is 235 g/mol. The molecular formula is C14H18FNO. The van der Waals surface area contributed by atoms with Gasteiger partial charge in [0.05, 0.1) is 0 Å². The van der Waals surface area contributed by atoms with Crippen LogP contribution in [0.25, 0.3) is 0 Å². The third-order valence-corrected chi connectivity index (χ3v) is 2.44. The molecule has 0 radical (unpaired) electrons. The maximum atomic E-state index is 13.7. The van der Waals surface area contributed by atoms with Gasteiger partial charge in [-0.05, 0) is 38.1 Å². The first-order chi connectivity index (χ1) is 8.19. The molecule has 0 spiro atoms. The first-order valence-corrected chi connectivity index (χ1v) is 5.74. The molecule has 0 fully saturated rings. The Labute approximate surface area is 102 Å². The molecule has 0 aliphatic carbocycles. The predicted molar refractivity (Wildman–Crippen MR) is 67.4 cm³/mol. The summed E-state index contributed by atoms with van der Waals surface area (Å²) in [4.78, 5) is 0. The van der Waals surface area contributed by atoms with Crippen molar-refractivity contribution < 1.29 is 9.13 Å². The van der Waals surface area contributed by atoms with Gasteiger partial charge in [0, 0.05) is 6.04 Å². The highest BCUT2D eigenvalue weighted by Gasteiger charge is 2.08. The number of hydrogen-bond acceptors (Lipinski definition) is 2. The quantitative estimate of drug-likeness (QED) is 0.792. The topological polar surface area (TPSA) is 21.3 Å². The molecule has 17 heavy (non-hydrogen) atoms. The molecule has 1 rings (SSSR count). The van der Waals surface area contributed by atoms with Crippen molar-refractivity contribution >= 4 is 0 Å². The van der Waals surface area contributed by atoms with Crippen LogP contribution in [0.4, 0.5) is 4.39 Å². The van der Waals surface area contributed by atoms with Gasteiger partial charge in [0.25, 0.3) is 0 Å². The number of hydrogen-bond donors (Lipinski definition) is 1. The van der Waals surface area contributed by atoms with Gasteiger partial charge in [-0.15, -0.1) is 5.92 Å². The summed E-state index contributed by atoms with van der Waals surface area (Å²) in [5.41, 5.74) is 0.915. The molecule has 2 nitrogen and oxygen atoms in total. The van der Waals surface area contributed by atoms with E-state index in [1.165, 1.54) is 6.07 Å². The zero-order valence-corrected chi connectivity index (χ0v) is 10.5. The van der Waals surface area contributed by atoms with Crippen molar-refractivity contribution in [1.29, 1.82) is 0 Å². The first kappa shape index (κ1) is 13.5. The van der Waals surface area contributed by atoms with Crippen molar-refractivity contribution in [3.05, 3.63) is 29.6 Å². The second kappa shape index (κ2) is 6.93. The third kappa shape index (κ3) is 4.08. The van der Waals surface area contributed by atoms with Crippen LogP contribution in [-0.2, 0) is 0 Å². The Morgan fingerprint density at radius 1 is 1.47 bits per heavy atom. The van der Waals surface area contributed by atoms with Crippen LogP contribution in [0.15, 0.2) is 18.2 Å². The Balaban J connectivity index is 2.74. The summed E-state index contributed by atoms with van der Waals surface area (Å²) >= 11 is 0. The first-order valence-electron chi connectivity index (χ1n) is 5.74. The van der Waals surface area contributed by atoms with Crippen LogP contribution < -0.4 is 10.1 Å². The summed E-state index contributed by atoms with van der Waals surface area (Å²) in [5.74, 6) is 5.33.